The molecule has 6 heteroatoms. The molecule has 1 aromatic rings. The zero-order valence-corrected chi connectivity index (χ0v) is 10.3. The lowest BCUT2D eigenvalue weighted by molar-refractivity contribution is 0.112. The maximum atomic E-state index is 10.6. The van der Waals surface area contributed by atoms with E-state index >= 15 is 0 Å². The summed E-state index contributed by atoms with van der Waals surface area (Å²) in [5.74, 6) is 0.916. The van der Waals surface area contributed by atoms with Crippen LogP contribution in [0.3, 0.4) is 0 Å². The molecular weight excluding hydrogens is 238 g/mol. The van der Waals surface area contributed by atoms with Crippen molar-refractivity contribution in [3.8, 4) is 11.5 Å². The van der Waals surface area contributed by atoms with Gasteiger partial charge in [-0.1, -0.05) is 0 Å². The number of rotatable bonds is 6. The number of carbonyl (C=O) groups is 2. The molecule has 0 unspecified atom stereocenters. The molecule has 1 aromatic carbocycles. The standard InChI is InChI=1S/C12H15NO5/c1-13(12(15)16)5-6-18-10-4-3-9(8-14)7-11(10)17-2/h3-4,7-8H,5-6H2,1-2H3,(H,15,16). The highest BCUT2D eigenvalue weighted by atomic mass is 16.5. The van der Waals surface area contributed by atoms with E-state index in [0.29, 0.717) is 23.3 Å². The molecule has 0 radical (unpaired) electrons. The molecular formula is C12H15NO5. The highest BCUT2D eigenvalue weighted by Gasteiger charge is 2.08. The number of ether oxygens (including phenoxy) is 2. The van der Waals surface area contributed by atoms with E-state index in [2.05, 4.69) is 0 Å². The molecule has 98 valence electrons. The Bertz CT molecular complexity index is 432. The lowest BCUT2D eigenvalue weighted by Crippen LogP contribution is -2.29. The molecule has 0 fully saturated rings. The number of carbonyl (C=O) groups excluding carboxylic acids is 1. The van der Waals surface area contributed by atoms with Crippen molar-refractivity contribution in [1.82, 2.24) is 4.90 Å². The van der Waals surface area contributed by atoms with Crippen LogP contribution in [0.5, 0.6) is 11.5 Å². The van der Waals surface area contributed by atoms with Crippen LogP contribution < -0.4 is 9.47 Å². The van der Waals surface area contributed by atoms with Crippen molar-refractivity contribution in [3.05, 3.63) is 23.8 Å². The monoisotopic (exact) mass is 253 g/mol. The summed E-state index contributed by atoms with van der Waals surface area (Å²) in [6, 6.07) is 4.78. The first-order valence-electron chi connectivity index (χ1n) is 5.28. The van der Waals surface area contributed by atoms with Gasteiger partial charge in [0.15, 0.2) is 11.5 Å². The van der Waals surface area contributed by atoms with Gasteiger partial charge in [0.1, 0.15) is 12.9 Å². The van der Waals surface area contributed by atoms with Crippen LogP contribution in [0.15, 0.2) is 18.2 Å². The molecule has 0 aliphatic heterocycles. The maximum absolute atomic E-state index is 10.6. The average Bonchev–Trinajstić information content (AvgIpc) is 2.38. The third kappa shape index (κ3) is 3.65. The van der Waals surface area contributed by atoms with Crippen molar-refractivity contribution in [2.45, 2.75) is 0 Å². The Hall–Kier alpha value is -2.24. The molecule has 18 heavy (non-hydrogen) atoms. The minimum absolute atomic E-state index is 0.208. The summed E-state index contributed by atoms with van der Waals surface area (Å²) in [5, 5.41) is 8.66. The van der Waals surface area contributed by atoms with E-state index < -0.39 is 6.09 Å². The molecule has 0 saturated heterocycles. The van der Waals surface area contributed by atoms with E-state index in [1.165, 1.54) is 14.2 Å². The van der Waals surface area contributed by atoms with Gasteiger partial charge in [-0.25, -0.2) is 4.79 Å². The molecule has 0 aliphatic carbocycles. The molecule has 0 aliphatic rings. The number of likely N-dealkylation sites (N-methyl/N-ethyl adjacent to an activating group) is 1. The average molecular weight is 253 g/mol. The fourth-order valence-electron chi connectivity index (χ4n) is 1.26. The van der Waals surface area contributed by atoms with Crippen molar-refractivity contribution in [3.63, 3.8) is 0 Å². The van der Waals surface area contributed by atoms with Crippen LogP contribution in [0, 0.1) is 0 Å². The number of nitrogens with zero attached hydrogens (tertiary/aromatic N) is 1. The summed E-state index contributed by atoms with van der Waals surface area (Å²) in [6.07, 6.45) is -0.299. The van der Waals surface area contributed by atoms with Crippen LogP contribution >= 0.6 is 0 Å². The molecule has 0 spiro atoms. The van der Waals surface area contributed by atoms with Gasteiger partial charge in [-0.05, 0) is 18.2 Å². The highest BCUT2D eigenvalue weighted by Crippen LogP contribution is 2.27. The van der Waals surface area contributed by atoms with Crippen molar-refractivity contribution in [2.24, 2.45) is 0 Å². The van der Waals surface area contributed by atoms with Gasteiger partial charge < -0.3 is 19.5 Å². The molecule has 0 atom stereocenters. The second-order valence-corrected chi connectivity index (χ2v) is 3.58. The summed E-state index contributed by atoms with van der Waals surface area (Å²) in [6.45, 7) is 0.452. The Morgan fingerprint density at radius 2 is 2.17 bits per heavy atom. The van der Waals surface area contributed by atoms with E-state index in [-0.39, 0.29) is 13.2 Å². The van der Waals surface area contributed by atoms with Gasteiger partial charge in [-0.3, -0.25) is 4.79 Å². The second kappa shape index (κ2) is 6.48. The molecule has 0 heterocycles. The summed E-state index contributed by atoms with van der Waals surface area (Å²) < 4.78 is 10.5. The van der Waals surface area contributed by atoms with Gasteiger partial charge in [0, 0.05) is 12.6 Å². The molecule has 0 aromatic heterocycles. The molecule has 1 N–H and O–H groups in total. The van der Waals surface area contributed by atoms with Gasteiger partial charge in [-0.2, -0.15) is 0 Å². The van der Waals surface area contributed by atoms with Crippen molar-refractivity contribution in [1.29, 1.82) is 0 Å². The van der Waals surface area contributed by atoms with Crippen LogP contribution in [-0.4, -0.2) is 49.7 Å². The van der Waals surface area contributed by atoms with E-state index in [1.807, 2.05) is 0 Å². The summed E-state index contributed by atoms with van der Waals surface area (Å²) in [5.41, 5.74) is 0.488. The fraction of sp³-hybridized carbons (Fsp3) is 0.333. The first-order chi connectivity index (χ1) is 8.58. The van der Waals surface area contributed by atoms with Crippen molar-refractivity contribution < 1.29 is 24.2 Å². The van der Waals surface area contributed by atoms with Crippen LogP contribution in [-0.2, 0) is 0 Å². The normalized spacial score (nSPS) is 9.67. The molecule has 0 bridgehead atoms. The number of benzene rings is 1. The smallest absolute Gasteiger partial charge is 0.407 e. The van der Waals surface area contributed by atoms with E-state index in [9.17, 15) is 9.59 Å². The minimum atomic E-state index is -1.01. The minimum Gasteiger partial charge on any atom is -0.493 e. The Morgan fingerprint density at radius 3 is 2.72 bits per heavy atom. The van der Waals surface area contributed by atoms with Crippen LogP contribution in [0.2, 0.25) is 0 Å². The Balaban J connectivity index is 2.61. The second-order valence-electron chi connectivity index (χ2n) is 3.58. The number of aldehydes is 1. The quantitative estimate of drug-likeness (QED) is 0.777. The van der Waals surface area contributed by atoms with Gasteiger partial charge in [0.2, 0.25) is 0 Å². The summed E-state index contributed by atoms with van der Waals surface area (Å²) in [4.78, 5) is 22.3. The van der Waals surface area contributed by atoms with Gasteiger partial charge in [0.05, 0.1) is 13.7 Å². The Labute approximate surface area is 105 Å². The zero-order chi connectivity index (χ0) is 13.5. The number of carboxylic acid groups (broad SMARTS) is 1. The van der Waals surface area contributed by atoms with Crippen LogP contribution in [0.25, 0.3) is 0 Å². The summed E-state index contributed by atoms with van der Waals surface area (Å²) in [7, 11) is 2.93. The topological polar surface area (TPSA) is 76.1 Å². The number of amides is 1. The Morgan fingerprint density at radius 1 is 1.44 bits per heavy atom. The van der Waals surface area contributed by atoms with E-state index in [4.69, 9.17) is 14.6 Å². The van der Waals surface area contributed by atoms with E-state index in [1.54, 1.807) is 18.2 Å². The SMILES string of the molecule is COc1cc(C=O)ccc1OCCN(C)C(=O)O. The number of hydrogen-bond donors (Lipinski definition) is 1. The third-order valence-corrected chi connectivity index (χ3v) is 2.33. The zero-order valence-electron chi connectivity index (χ0n) is 10.3. The summed E-state index contributed by atoms with van der Waals surface area (Å²) >= 11 is 0. The largest absolute Gasteiger partial charge is 0.493 e. The molecule has 0 saturated carbocycles. The lowest BCUT2D eigenvalue weighted by Gasteiger charge is -2.15. The first-order valence-corrected chi connectivity index (χ1v) is 5.28. The third-order valence-electron chi connectivity index (χ3n) is 2.33. The van der Waals surface area contributed by atoms with Gasteiger partial charge >= 0.3 is 6.09 Å². The predicted octanol–water partition coefficient (Wildman–Crippen LogP) is 1.50. The number of hydrogen-bond acceptors (Lipinski definition) is 4. The maximum Gasteiger partial charge on any atom is 0.407 e. The number of methoxy groups -OCH3 is 1. The van der Waals surface area contributed by atoms with Crippen molar-refractivity contribution >= 4 is 12.4 Å². The lowest BCUT2D eigenvalue weighted by atomic mass is 10.2. The predicted molar refractivity (Wildman–Crippen MR) is 64.5 cm³/mol. The van der Waals surface area contributed by atoms with E-state index in [0.717, 1.165) is 4.90 Å². The van der Waals surface area contributed by atoms with Crippen LogP contribution in [0.1, 0.15) is 10.4 Å². The Kier molecular flexibility index (Phi) is 4.98. The first kappa shape index (κ1) is 13.8. The molecule has 1 rings (SSSR count). The fourth-order valence-corrected chi connectivity index (χ4v) is 1.26. The highest BCUT2D eigenvalue weighted by molar-refractivity contribution is 5.76. The van der Waals surface area contributed by atoms with Crippen molar-refractivity contribution in [2.75, 3.05) is 27.3 Å². The molecule has 6 nitrogen and oxygen atoms in total. The van der Waals surface area contributed by atoms with Crippen LogP contribution in [0.4, 0.5) is 4.79 Å². The molecule has 1 amide bonds. The van der Waals surface area contributed by atoms with Gasteiger partial charge in [-0.15, -0.1) is 0 Å². The van der Waals surface area contributed by atoms with Gasteiger partial charge in [0.25, 0.3) is 0 Å².